The fraction of sp³-hybridized carbons (Fsp3) is 0.500. The molecule has 1 aromatic rings. The molecule has 2 N–H and O–H groups in total. The Kier molecular flexibility index (Phi) is 4.73. The highest BCUT2D eigenvalue weighted by molar-refractivity contribution is 5.98. The Morgan fingerprint density at radius 3 is 2.44 bits per heavy atom. The molecule has 0 aliphatic carbocycles. The lowest BCUT2D eigenvalue weighted by atomic mass is 9.95. The van der Waals surface area contributed by atoms with Gasteiger partial charge in [-0.25, -0.2) is 0 Å². The van der Waals surface area contributed by atoms with E-state index in [0.717, 1.165) is 0 Å². The second-order valence-corrected chi connectivity index (χ2v) is 4.98. The van der Waals surface area contributed by atoms with E-state index in [1.807, 2.05) is 13.8 Å². The van der Waals surface area contributed by atoms with Crippen LogP contribution in [0, 0.1) is 0 Å². The van der Waals surface area contributed by atoms with E-state index in [2.05, 4.69) is 0 Å². The highest BCUT2D eigenvalue weighted by Gasteiger charge is 2.17. The minimum absolute atomic E-state index is 0.0352. The number of ketones is 1. The van der Waals surface area contributed by atoms with Crippen molar-refractivity contribution in [2.45, 2.75) is 32.2 Å². The fourth-order valence-corrected chi connectivity index (χ4v) is 1.60. The lowest BCUT2D eigenvalue weighted by Crippen LogP contribution is -2.32. The maximum absolute atomic E-state index is 12.1. The summed E-state index contributed by atoms with van der Waals surface area (Å²) in [5, 5.41) is 0. The number of Topliss-reactive ketones (excluding diaryl/α,β-unsaturated/α-hetero) is 1. The lowest BCUT2D eigenvalue weighted by Gasteiger charge is -2.18. The smallest absolute Gasteiger partial charge is 0.166 e. The molecule has 0 heterocycles. The molecule has 0 spiro atoms. The van der Waals surface area contributed by atoms with Crippen LogP contribution in [-0.2, 0) is 0 Å². The van der Waals surface area contributed by atoms with Crippen LogP contribution in [0.25, 0.3) is 0 Å². The summed E-state index contributed by atoms with van der Waals surface area (Å²) in [4.78, 5) is 12.1. The molecule has 18 heavy (non-hydrogen) atoms. The predicted octanol–water partition coefficient (Wildman–Crippen LogP) is 2.40. The summed E-state index contributed by atoms with van der Waals surface area (Å²) in [6.45, 7) is 3.82. The second kappa shape index (κ2) is 5.87. The predicted molar refractivity (Wildman–Crippen MR) is 71.4 cm³/mol. The van der Waals surface area contributed by atoms with E-state index < -0.39 is 0 Å². The van der Waals surface area contributed by atoms with Crippen molar-refractivity contribution < 1.29 is 14.3 Å². The van der Waals surface area contributed by atoms with Crippen LogP contribution < -0.4 is 15.2 Å². The maximum atomic E-state index is 12.1. The molecular formula is C14H21NO3. The fourth-order valence-electron chi connectivity index (χ4n) is 1.60. The molecular weight excluding hydrogens is 230 g/mol. The van der Waals surface area contributed by atoms with E-state index in [1.165, 1.54) is 0 Å². The Labute approximate surface area is 108 Å². The third-order valence-corrected chi connectivity index (χ3v) is 2.71. The van der Waals surface area contributed by atoms with Crippen molar-refractivity contribution in [2.24, 2.45) is 5.73 Å². The van der Waals surface area contributed by atoms with Crippen molar-refractivity contribution >= 4 is 5.78 Å². The Hall–Kier alpha value is -1.55. The Bertz CT molecular complexity index is 422. The van der Waals surface area contributed by atoms with Gasteiger partial charge in [-0.2, -0.15) is 0 Å². The van der Waals surface area contributed by atoms with Crippen molar-refractivity contribution in [2.75, 3.05) is 14.2 Å². The Morgan fingerprint density at radius 1 is 1.28 bits per heavy atom. The van der Waals surface area contributed by atoms with Crippen molar-refractivity contribution in [3.05, 3.63) is 23.8 Å². The van der Waals surface area contributed by atoms with Crippen molar-refractivity contribution in [3.8, 4) is 11.5 Å². The highest BCUT2D eigenvalue weighted by atomic mass is 16.5. The van der Waals surface area contributed by atoms with Crippen LogP contribution in [0.3, 0.4) is 0 Å². The number of ether oxygens (including phenoxy) is 2. The lowest BCUT2D eigenvalue weighted by molar-refractivity contribution is 0.0969. The second-order valence-electron chi connectivity index (χ2n) is 4.98. The number of hydrogen-bond donors (Lipinski definition) is 1. The molecule has 0 unspecified atom stereocenters. The molecule has 1 rings (SSSR count). The van der Waals surface area contributed by atoms with E-state index in [1.54, 1.807) is 32.4 Å². The molecule has 0 aliphatic heterocycles. The number of carbonyl (C=O) groups is 1. The van der Waals surface area contributed by atoms with Crippen LogP contribution in [0.4, 0.5) is 0 Å². The Morgan fingerprint density at radius 2 is 1.94 bits per heavy atom. The molecule has 4 heteroatoms. The number of benzene rings is 1. The van der Waals surface area contributed by atoms with E-state index in [0.29, 0.717) is 29.9 Å². The molecule has 100 valence electrons. The first-order valence-corrected chi connectivity index (χ1v) is 5.91. The summed E-state index contributed by atoms with van der Waals surface area (Å²) in [6, 6.07) is 5.19. The van der Waals surface area contributed by atoms with Crippen LogP contribution in [0.2, 0.25) is 0 Å². The Balaban J connectivity index is 2.85. The number of methoxy groups -OCH3 is 2. The van der Waals surface area contributed by atoms with E-state index in [9.17, 15) is 4.79 Å². The van der Waals surface area contributed by atoms with Crippen molar-refractivity contribution in [1.82, 2.24) is 0 Å². The van der Waals surface area contributed by atoms with Crippen LogP contribution in [0.1, 0.15) is 37.0 Å². The van der Waals surface area contributed by atoms with Gasteiger partial charge in [0.25, 0.3) is 0 Å². The largest absolute Gasteiger partial charge is 0.497 e. The zero-order valence-corrected chi connectivity index (χ0v) is 11.4. The molecule has 0 saturated heterocycles. The van der Waals surface area contributed by atoms with Gasteiger partial charge in [-0.1, -0.05) is 0 Å². The molecule has 0 atom stereocenters. The number of carbonyl (C=O) groups excluding carboxylic acids is 1. The van der Waals surface area contributed by atoms with E-state index in [4.69, 9.17) is 15.2 Å². The van der Waals surface area contributed by atoms with Crippen LogP contribution in [0.15, 0.2) is 18.2 Å². The van der Waals surface area contributed by atoms with Crippen LogP contribution in [-0.4, -0.2) is 25.5 Å². The number of nitrogens with two attached hydrogens (primary N) is 1. The van der Waals surface area contributed by atoms with Gasteiger partial charge in [0, 0.05) is 18.0 Å². The molecule has 4 nitrogen and oxygen atoms in total. The standard InChI is InChI=1S/C14H21NO3/c1-14(2,15)8-7-12(16)11-6-5-10(17-3)9-13(11)18-4/h5-6,9H,7-8,15H2,1-4H3. The minimum Gasteiger partial charge on any atom is -0.497 e. The molecule has 1 aromatic carbocycles. The molecule has 0 aromatic heterocycles. The van der Waals surface area contributed by atoms with Crippen LogP contribution >= 0.6 is 0 Å². The third-order valence-electron chi connectivity index (χ3n) is 2.71. The average molecular weight is 251 g/mol. The first kappa shape index (κ1) is 14.5. The van der Waals surface area contributed by atoms with E-state index >= 15 is 0 Å². The molecule has 0 fully saturated rings. The van der Waals surface area contributed by atoms with Gasteiger partial charge in [-0.05, 0) is 32.4 Å². The molecule has 0 saturated carbocycles. The number of hydrogen-bond acceptors (Lipinski definition) is 4. The van der Waals surface area contributed by atoms with Gasteiger partial charge in [0.1, 0.15) is 11.5 Å². The quantitative estimate of drug-likeness (QED) is 0.789. The summed E-state index contributed by atoms with van der Waals surface area (Å²) in [7, 11) is 3.12. The number of rotatable bonds is 6. The summed E-state index contributed by atoms with van der Waals surface area (Å²) >= 11 is 0. The summed E-state index contributed by atoms with van der Waals surface area (Å²) in [5.74, 6) is 1.24. The molecule has 0 amide bonds. The monoisotopic (exact) mass is 251 g/mol. The zero-order valence-electron chi connectivity index (χ0n) is 11.4. The summed E-state index contributed by atoms with van der Waals surface area (Å²) in [5.41, 5.74) is 6.11. The normalized spacial score (nSPS) is 11.2. The van der Waals surface area contributed by atoms with Gasteiger partial charge >= 0.3 is 0 Å². The highest BCUT2D eigenvalue weighted by Crippen LogP contribution is 2.26. The average Bonchev–Trinajstić information content (AvgIpc) is 2.34. The zero-order chi connectivity index (χ0) is 13.8. The third kappa shape index (κ3) is 4.04. The van der Waals surface area contributed by atoms with E-state index in [-0.39, 0.29) is 11.3 Å². The first-order chi connectivity index (χ1) is 8.37. The molecule has 0 aliphatic rings. The van der Waals surface area contributed by atoms with Gasteiger partial charge in [0.05, 0.1) is 19.8 Å². The van der Waals surface area contributed by atoms with Gasteiger partial charge in [0.2, 0.25) is 0 Å². The summed E-state index contributed by atoms with van der Waals surface area (Å²) in [6.07, 6.45) is 1.05. The topological polar surface area (TPSA) is 61.5 Å². The molecule has 0 bridgehead atoms. The SMILES string of the molecule is COc1ccc(C(=O)CCC(C)(C)N)c(OC)c1. The summed E-state index contributed by atoms with van der Waals surface area (Å²) < 4.78 is 10.3. The minimum atomic E-state index is -0.338. The van der Waals surface area contributed by atoms with Gasteiger partial charge in [-0.3, -0.25) is 4.79 Å². The van der Waals surface area contributed by atoms with Gasteiger partial charge < -0.3 is 15.2 Å². The first-order valence-electron chi connectivity index (χ1n) is 5.91. The van der Waals surface area contributed by atoms with Crippen molar-refractivity contribution in [3.63, 3.8) is 0 Å². The van der Waals surface area contributed by atoms with Gasteiger partial charge in [0.15, 0.2) is 5.78 Å². The maximum Gasteiger partial charge on any atom is 0.166 e. The van der Waals surface area contributed by atoms with Crippen molar-refractivity contribution in [1.29, 1.82) is 0 Å². The van der Waals surface area contributed by atoms with Gasteiger partial charge in [-0.15, -0.1) is 0 Å². The van der Waals surface area contributed by atoms with Crippen LogP contribution in [0.5, 0.6) is 11.5 Å². The molecule has 0 radical (unpaired) electrons.